The number of hydrogen-bond acceptors (Lipinski definition) is 5. The Morgan fingerprint density at radius 3 is 2.00 bits per heavy atom. The Labute approximate surface area is 186 Å². The highest BCUT2D eigenvalue weighted by Crippen LogP contribution is 2.12. The minimum Gasteiger partial charge on any atom is -0.394 e. The van der Waals surface area contributed by atoms with Gasteiger partial charge < -0.3 is 10.4 Å². The monoisotopic (exact) mass is 433 g/mol. The number of rotatable bonds is 18. The summed E-state index contributed by atoms with van der Waals surface area (Å²) in [5.74, 6) is -0.302. The van der Waals surface area contributed by atoms with Gasteiger partial charge in [0, 0.05) is 24.9 Å². The quantitative estimate of drug-likeness (QED) is 0.144. The normalized spacial score (nSPS) is 12.2. The van der Waals surface area contributed by atoms with Gasteiger partial charge in [-0.2, -0.15) is 0 Å². The van der Waals surface area contributed by atoms with Gasteiger partial charge in [0.2, 0.25) is 5.91 Å². The predicted octanol–water partition coefficient (Wildman–Crippen LogP) is 5.19. The molecule has 7 nitrogen and oxygen atoms in total. The molecular weight excluding hydrogens is 394 g/mol. The SMILES string of the molecule is CCCCCCCCCCCCCCNC(=O)[C@H](CO)/N=C/c1ccc([N+](=O)[O-])cc1. The number of unbranched alkanes of at least 4 members (excludes halogenated alkanes) is 11. The van der Waals surface area contributed by atoms with Crippen LogP contribution in [0.5, 0.6) is 0 Å². The van der Waals surface area contributed by atoms with Gasteiger partial charge in [0.1, 0.15) is 0 Å². The molecule has 0 saturated heterocycles. The summed E-state index contributed by atoms with van der Waals surface area (Å²) in [5.41, 5.74) is 0.633. The van der Waals surface area contributed by atoms with Crippen molar-refractivity contribution in [3.05, 3.63) is 39.9 Å². The summed E-state index contributed by atoms with van der Waals surface area (Å²) in [4.78, 5) is 26.5. The van der Waals surface area contributed by atoms with E-state index in [0.717, 1.165) is 12.8 Å². The zero-order chi connectivity index (χ0) is 22.7. The Kier molecular flexibility index (Phi) is 15.0. The van der Waals surface area contributed by atoms with E-state index in [1.807, 2.05) is 0 Å². The lowest BCUT2D eigenvalue weighted by Crippen LogP contribution is -2.36. The lowest BCUT2D eigenvalue weighted by molar-refractivity contribution is -0.384. The fourth-order valence-corrected chi connectivity index (χ4v) is 3.35. The minimum absolute atomic E-state index is 0.00369. The summed E-state index contributed by atoms with van der Waals surface area (Å²) in [5, 5.41) is 22.9. The molecule has 0 spiro atoms. The second-order valence-electron chi connectivity index (χ2n) is 8.01. The smallest absolute Gasteiger partial charge is 0.269 e. The molecule has 1 atom stereocenters. The highest BCUT2D eigenvalue weighted by molar-refractivity contribution is 5.86. The van der Waals surface area contributed by atoms with Gasteiger partial charge in [-0.1, -0.05) is 77.6 Å². The number of non-ortho nitro benzene ring substituents is 1. The molecule has 0 aliphatic carbocycles. The van der Waals surface area contributed by atoms with Crippen LogP contribution in [0.3, 0.4) is 0 Å². The first kappa shape index (κ1) is 26.8. The van der Waals surface area contributed by atoms with Crippen molar-refractivity contribution in [2.45, 2.75) is 90.0 Å². The molecule has 0 unspecified atom stereocenters. The summed E-state index contributed by atoms with van der Waals surface area (Å²) < 4.78 is 0. The zero-order valence-electron chi connectivity index (χ0n) is 18.9. The molecule has 0 aliphatic rings. The molecule has 1 amide bonds. The maximum atomic E-state index is 12.2. The van der Waals surface area contributed by atoms with E-state index in [0.29, 0.717) is 12.1 Å². The maximum absolute atomic E-state index is 12.2. The van der Waals surface area contributed by atoms with Crippen molar-refractivity contribution in [3.8, 4) is 0 Å². The van der Waals surface area contributed by atoms with Gasteiger partial charge in [0.15, 0.2) is 6.04 Å². The van der Waals surface area contributed by atoms with Crippen molar-refractivity contribution < 1.29 is 14.8 Å². The molecule has 1 rings (SSSR count). The first-order valence-corrected chi connectivity index (χ1v) is 11.7. The molecule has 0 heterocycles. The fraction of sp³-hybridized carbons (Fsp3) is 0.667. The van der Waals surface area contributed by atoms with Gasteiger partial charge in [-0.3, -0.25) is 19.9 Å². The van der Waals surface area contributed by atoms with Crippen LogP contribution in [0.15, 0.2) is 29.3 Å². The van der Waals surface area contributed by atoms with Gasteiger partial charge in [0.05, 0.1) is 11.5 Å². The third-order valence-electron chi connectivity index (χ3n) is 5.31. The third-order valence-corrected chi connectivity index (χ3v) is 5.31. The number of nitro benzene ring substituents is 1. The molecule has 0 radical (unpaired) electrons. The number of nitrogens with zero attached hydrogens (tertiary/aromatic N) is 2. The van der Waals surface area contributed by atoms with E-state index < -0.39 is 11.0 Å². The minimum atomic E-state index is -0.868. The summed E-state index contributed by atoms with van der Waals surface area (Å²) in [6.07, 6.45) is 16.7. The van der Waals surface area contributed by atoms with Gasteiger partial charge in [-0.05, 0) is 24.1 Å². The van der Waals surface area contributed by atoms with E-state index in [9.17, 15) is 20.0 Å². The first-order valence-electron chi connectivity index (χ1n) is 11.7. The number of amides is 1. The van der Waals surface area contributed by atoms with Crippen LogP contribution < -0.4 is 5.32 Å². The lowest BCUT2D eigenvalue weighted by Gasteiger charge is -2.10. The fourth-order valence-electron chi connectivity index (χ4n) is 3.35. The second kappa shape index (κ2) is 17.4. The van der Waals surface area contributed by atoms with Crippen molar-refractivity contribution in [2.24, 2.45) is 4.99 Å². The lowest BCUT2D eigenvalue weighted by atomic mass is 10.1. The molecule has 0 aliphatic heterocycles. The molecule has 2 N–H and O–H groups in total. The van der Waals surface area contributed by atoms with Crippen LogP contribution in [0.4, 0.5) is 5.69 Å². The van der Waals surface area contributed by atoms with Gasteiger partial charge in [-0.25, -0.2) is 0 Å². The van der Waals surface area contributed by atoms with Crippen LogP contribution in [-0.2, 0) is 4.79 Å². The molecule has 0 fully saturated rings. The number of aliphatic hydroxyl groups is 1. The number of carbonyl (C=O) groups is 1. The average Bonchev–Trinajstić information content (AvgIpc) is 2.77. The predicted molar refractivity (Wildman–Crippen MR) is 126 cm³/mol. The Morgan fingerprint density at radius 2 is 1.52 bits per heavy atom. The van der Waals surface area contributed by atoms with Crippen molar-refractivity contribution in [2.75, 3.05) is 13.2 Å². The molecule has 31 heavy (non-hydrogen) atoms. The molecule has 0 bridgehead atoms. The average molecular weight is 434 g/mol. The highest BCUT2D eigenvalue weighted by atomic mass is 16.6. The summed E-state index contributed by atoms with van der Waals surface area (Å²) in [6.45, 7) is 2.45. The Hall–Kier alpha value is -2.28. The largest absolute Gasteiger partial charge is 0.394 e. The highest BCUT2D eigenvalue weighted by Gasteiger charge is 2.14. The molecule has 174 valence electrons. The molecule has 7 heteroatoms. The molecular formula is C24H39N3O4. The van der Waals surface area contributed by atoms with Gasteiger partial charge in [-0.15, -0.1) is 0 Å². The second-order valence-corrected chi connectivity index (χ2v) is 8.01. The third kappa shape index (κ3) is 12.9. The number of aliphatic imine (C=N–C) groups is 1. The number of carbonyl (C=O) groups excluding carboxylic acids is 1. The summed E-state index contributed by atoms with van der Waals surface area (Å²) >= 11 is 0. The summed E-state index contributed by atoms with van der Waals surface area (Å²) in [7, 11) is 0. The first-order chi connectivity index (χ1) is 15.1. The zero-order valence-corrected chi connectivity index (χ0v) is 18.9. The van der Waals surface area contributed by atoms with Crippen LogP contribution in [0, 0.1) is 10.1 Å². The molecule has 1 aromatic carbocycles. The van der Waals surface area contributed by atoms with E-state index in [-0.39, 0.29) is 18.2 Å². The Balaban J connectivity index is 2.11. The Bertz CT molecular complexity index is 647. The standard InChI is InChI=1S/C24H39N3O4/c1-2-3-4-5-6-7-8-9-10-11-12-13-18-25-24(29)23(20-28)26-19-21-14-16-22(17-15-21)27(30)31/h14-17,19,23,28H,2-13,18,20H2,1H3,(H,25,29)/b26-19+/t23-/m0/s1. The Morgan fingerprint density at radius 1 is 1.00 bits per heavy atom. The van der Waals surface area contributed by atoms with Crippen molar-refractivity contribution in [1.82, 2.24) is 5.32 Å². The molecule has 0 saturated carbocycles. The van der Waals surface area contributed by atoms with E-state index >= 15 is 0 Å². The maximum Gasteiger partial charge on any atom is 0.269 e. The van der Waals surface area contributed by atoms with Crippen LogP contribution in [0.25, 0.3) is 0 Å². The van der Waals surface area contributed by atoms with Crippen LogP contribution in [0.2, 0.25) is 0 Å². The number of nitrogens with one attached hydrogen (secondary N) is 1. The number of hydrogen-bond donors (Lipinski definition) is 2. The van der Waals surface area contributed by atoms with E-state index in [1.165, 1.54) is 82.6 Å². The van der Waals surface area contributed by atoms with Crippen molar-refractivity contribution in [3.63, 3.8) is 0 Å². The van der Waals surface area contributed by atoms with Gasteiger partial charge in [0.25, 0.3) is 5.69 Å². The van der Waals surface area contributed by atoms with Crippen LogP contribution in [-0.4, -0.2) is 41.3 Å². The molecule has 1 aromatic rings. The summed E-state index contributed by atoms with van der Waals surface area (Å²) in [6, 6.07) is 5.00. The van der Waals surface area contributed by atoms with Crippen LogP contribution >= 0.6 is 0 Å². The number of benzene rings is 1. The van der Waals surface area contributed by atoms with Crippen molar-refractivity contribution in [1.29, 1.82) is 0 Å². The van der Waals surface area contributed by atoms with Gasteiger partial charge >= 0.3 is 0 Å². The van der Waals surface area contributed by atoms with E-state index in [4.69, 9.17) is 0 Å². The van der Waals surface area contributed by atoms with E-state index in [1.54, 1.807) is 12.1 Å². The topological polar surface area (TPSA) is 105 Å². The van der Waals surface area contributed by atoms with Crippen molar-refractivity contribution >= 4 is 17.8 Å². The molecule has 0 aromatic heterocycles. The van der Waals surface area contributed by atoms with E-state index in [2.05, 4.69) is 17.2 Å². The number of nitro groups is 1. The van der Waals surface area contributed by atoms with Crippen LogP contribution in [0.1, 0.15) is 89.5 Å². The number of aliphatic hydroxyl groups excluding tert-OH is 1.